The number of benzene rings is 1. The Bertz CT molecular complexity index is 431. The third-order valence-corrected chi connectivity index (χ3v) is 4.43. The topological polar surface area (TPSA) is 47.3 Å². The molecule has 2 aliphatic rings. The minimum atomic E-state index is 0.257. The molecule has 2 saturated carbocycles. The standard InChI is InChI=1S/C16H24N2O/c1-11-5-6-13(9-11)16(18-17)12-3-2-4-15(10-12)19-14-7-8-14/h2-4,10-11,13-14,16,18H,5-9,17H2,1H3. The highest BCUT2D eigenvalue weighted by atomic mass is 16.5. The Labute approximate surface area is 115 Å². The summed E-state index contributed by atoms with van der Waals surface area (Å²) in [5.41, 5.74) is 4.29. The maximum Gasteiger partial charge on any atom is 0.120 e. The van der Waals surface area contributed by atoms with Crippen LogP contribution in [0.25, 0.3) is 0 Å². The van der Waals surface area contributed by atoms with Crippen molar-refractivity contribution in [1.29, 1.82) is 0 Å². The fraction of sp³-hybridized carbons (Fsp3) is 0.625. The van der Waals surface area contributed by atoms with Gasteiger partial charge in [-0.2, -0.15) is 0 Å². The van der Waals surface area contributed by atoms with Crippen LogP contribution in [-0.4, -0.2) is 6.10 Å². The van der Waals surface area contributed by atoms with E-state index in [1.165, 1.54) is 37.7 Å². The Kier molecular flexibility index (Phi) is 3.76. The average molecular weight is 260 g/mol. The molecule has 2 fully saturated rings. The highest BCUT2D eigenvalue weighted by Crippen LogP contribution is 2.39. The van der Waals surface area contributed by atoms with Crippen molar-refractivity contribution in [2.24, 2.45) is 17.7 Å². The van der Waals surface area contributed by atoms with Gasteiger partial charge in [0.15, 0.2) is 0 Å². The van der Waals surface area contributed by atoms with Crippen molar-refractivity contribution in [2.45, 2.75) is 51.2 Å². The number of hydrogen-bond acceptors (Lipinski definition) is 3. The molecule has 0 heterocycles. The lowest BCUT2D eigenvalue weighted by molar-refractivity contribution is 0.301. The van der Waals surface area contributed by atoms with Gasteiger partial charge in [-0.25, -0.2) is 0 Å². The highest BCUT2D eigenvalue weighted by molar-refractivity contribution is 5.31. The molecule has 104 valence electrons. The van der Waals surface area contributed by atoms with Gasteiger partial charge in [-0.3, -0.25) is 11.3 Å². The summed E-state index contributed by atoms with van der Waals surface area (Å²) in [7, 11) is 0. The summed E-state index contributed by atoms with van der Waals surface area (Å²) in [4.78, 5) is 0. The molecule has 3 nitrogen and oxygen atoms in total. The Hall–Kier alpha value is -1.06. The van der Waals surface area contributed by atoms with Gasteiger partial charge in [-0.15, -0.1) is 0 Å². The average Bonchev–Trinajstić information content (AvgIpc) is 3.12. The quantitative estimate of drug-likeness (QED) is 0.631. The monoisotopic (exact) mass is 260 g/mol. The molecule has 0 aliphatic heterocycles. The Morgan fingerprint density at radius 3 is 2.74 bits per heavy atom. The molecule has 3 atom stereocenters. The minimum absolute atomic E-state index is 0.257. The van der Waals surface area contributed by atoms with Crippen LogP contribution in [0.3, 0.4) is 0 Å². The van der Waals surface area contributed by atoms with Crippen molar-refractivity contribution in [1.82, 2.24) is 5.43 Å². The van der Waals surface area contributed by atoms with E-state index < -0.39 is 0 Å². The van der Waals surface area contributed by atoms with E-state index in [4.69, 9.17) is 10.6 Å². The highest BCUT2D eigenvalue weighted by Gasteiger charge is 2.29. The normalized spacial score (nSPS) is 28.3. The van der Waals surface area contributed by atoms with Crippen LogP contribution in [0.4, 0.5) is 0 Å². The molecule has 3 unspecified atom stereocenters. The van der Waals surface area contributed by atoms with Crippen LogP contribution in [0.1, 0.15) is 50.6 Å². The second-order valence-corrected chi connectivity index (χ2v) is 6.21. The van der Waals surface area contributed by atoms with E-state index >= 15 is 0 Å². The van der Waals surface area contributed by atoms with E-state index in [2.05, 4.69) is 30.5 Å². The third kappa shape index (κ3) is 3.10. The Balaban J connectivity index is 1.74. The predicted octanol–water partition coefficient (Wildman–Crippen LogP) is 3.17. The van der Waals surface area contributed by atoms with E-state index in [0.29, 0.717) is 12.0 Å². The summed E-state index contributed by atoms with van der Waals surface area (Å²) >= 11 is 0. The van der Waals surface area contributed by atoms with Gasteiger partial charge in [-0.05, 0) is 55.2 Å². The van der Waals surface area contributed by atoms with Gasteiger partial charge >= 0.3 is 0 Å². The van der Waals surface area contributed by atoms with Crippen LogP contribution in [0.5, 0.6) is 5.75 Å². The van der Waals surface area contributed by atoms with Crippen LogP contribution in [0, 0.1) is 11.8 Å². The second kappa shape index (κ2) is 5.51. The van der Waals surface area contributed by atoms with E-state index in [1.807, 2.05) is 6.07 Å². The van der Waals surface area contributed by atoms with Gasteiger partial charge in [0.25, 0.3) is 0 Å². The molecule has 3 heteroatoms. The van der Waals surface area contributed by atoms with Crippen molar-refractivity contribution in [3.8, 4) is 5.75 Å². The molecule has 0 saturated heterocycles. The smallest absolute Gasteiger partial charge is 0.120 e. The SMILES string of the molecule is CC1CCC(C(NN)c2cccc(OC3CC3)c2)C1. The molecule has 2 aliphatic carbocycles. The van der Waals surface area contributed by atoms with Crippen molar-refractivity contribution in [3.63, 3.8) is 0 Å². The van der Waals surface area contributed by atoms with Crippen LogP contribution in [-0.2, 0) is 0 Å². The minimum Gasteiger partial charge on any atom is -0.490 e. The maximum absolute atomic E-state index is 5.88. The fourth-order valence-electron chi connectivity index (χ4n) is 3.22. The van der Waals surface area contributed by atoms with E-state index in [-0.39, 0.29) is 6.04 Å². The number of hydrogen-bond donors (Lipinski definition) is 2. The summed E-state index contributed by atoms with van der Waals surface area (Å²) < 4.78 is 5.88. The molecule has 1 aromatic rings. The zero-order valence-corrected chi connectivity index (χ0v) is 11.6. The van der Waals surface area contributed by atoms with E-state index in [1.54, 1.807) is 0 Å². The molecule has 3 rings (SSSR count). The number of nitrogens with one attached hydrogen (secondary N) is 1. The Morgan fingerprint density at radius 2 is 2.11 bits per heavy atom. The van der Waals surface area contributed by atoms with Crippen LogP contribution >= 0.6 is 0 Å². The Morgan fingerprint density at radius 1 is 1.26 bits per heavy atom. The molecule has 0 amide bonds. The molecule has 19 heavy (non-hydrogen) atoms. The lowest BCUT2D eigenvalue weighted by Crippen LogP contribution is -2.32. The van der Waals surface area contributed by atoms with Crippen LogP contribution in [0.15, 0.2) is 24.3 Å². The molecule has 3 N–H and O–H groups in total. The van der Waals surface area contributed by atoms with Crippen LogP contribution in [0.2, 0.25) is 0 Å². The third-order valence-electron chi connectivity index (χ3n) is 4.43. The van der Waals surface area contributed by atoms with Gasteiger partial charge < -0.3 is 4.74 Å². The molecule has 0 spiro atoms. The van der Waals surface area contributed by atoms with Gasteiger partial charge in [0.05, 0.1) is 6.10 Å². The van der Waals surface area contributed by atoms with Gasteiger partial charge in [0, 0.05) is 6.04 Å². The van der Waals surface area contributed by atoms with E-state index in [0.717, 1.165) is 11.7 Å². The lowest BCUT2D eigenvalue weighted by Gasteiger charge is -2.23. The predicted molar refractivity (Wildman–Crippen MR) is 76.7 cm³/mol. The largest absolute Gasteiger partial charge is 0.490 e. The first-order valence-corrected chi connectivity index (χ1v) is 7.49. The first-order valence-electron chi connectivity index (χ1n) is 7.49. The zero-order valence-electron chi connectivity index (χ0n) is 11.6. The number of rotatable bonds is 5. The zero-order chi connectivity index (χ0) is 13.2. The summed E-state index contributed by atoms with van der Waals surface area (Å²) in [6.45, 7) is 2.33. The molecule has 1 aromatic carbocycles. The van der Waals surface area contributed by atoms with Crippen molar-refractivity contribution in [3.05, 3.63) is 29.8 Å². The van der Waals surface area contributed by atoms with Gasteiger partial charge in [0.2, 0.25) is 0 Å². The molecular formula is C16H24N2O. The fourth-order valence-corrected chi connectivity index (χ4v) is 3.22. The maximum atomic E-state index is 5.88. The van der Waals surface area contributed by atoms with Crippen molar-refractivity contribution >= 4 is 0 Å². The molecule has 0 bridgehead atoms. The summed E-state index contributed by atoms with van der Waals surface area (Å²) in [5.74, 6) is 8.27. The molecular weight excluding hydrogens is 236 g/mol. The van der Waals surface area contributed by atoms with Crippen LogP contribution < -0.4 is 16.0 Å². The van der Waals surface area contributed by atoms with E-state index in [9.17, 15) is 0 Å². The first-order chi connectivity index (χ1) is 9.26. The van der Waals surface area contributed by atoms with Gasteiger partial charge in [0.1, 0.15) is 5.75 Å². The summed E-state index contributed by atoms with van der Waals surface area (Å²) in [5, 5.41) is 0. The second-order valence-electron chi connectivity index (χ2n) is 6.21. The summed E-state index contributed by atoms with van der Waals surface area (Å²) in [6.07, 6.45) is 6.70. The number of nitrogens with two attached hydrogens (primary N) is 1. The lowest BCUT2D eigenvalue weighted by atomic mass is 9.91. The van der Waals surface area contributed by atoms with Crippen molar-refractivity contribution < 1.29 is 4.74 Å². The van der Waals surface area contributed by atoms with Gasteiger partial charge in [-0.1, -0.05) is 25.5 Å². The molecule has 0 radical (unpaired) electrons. The summed E-state index contributed by atoms with van der Waals surface area (Å²) in [6, 6.07) is 8.70. The van der Waals surface area contributed by atoms with Crippen molar-refractivity contribution in [2.75, 3.05) is 0 Å². The molecule has 0 aromatic heterocycles. The first kappa shape index (κ1) is 12.9. The number of hydrazine groups is 1. The number of ether oxygens (including phenoxy) is 1.